The zero-order valence-corrected chi connectivity index (χ0v) is 13.0. The maximum Gasteiger partial charge on any atom is 0.261 e. The third-order valence-electron chi connectivity index (χ3n) is 3.38. The van der Waals surface area contributed by atoms with Gasteiger partial charge in [-0.1, -0.05) is 11.6 Å². The molecule has 116 valence electrons. The first-order valence-electron chi connectivity index (χ1n) is 6.79. The fourth-order valence-electron chi connectivity index (χ4n) is 2.16. The number of carbonyl (C=O) groups excluding carboxylic acids is 1. The van der Waals surface area contributed by atoms with E-state index in [1.807, 2.05) is 0 Å². The zero-order chi connectivity index (χ0) is 16.4. The molecule has 1 heterocycles. The molecule has 0 fully saturated rings. The molecule has 0 radical (unpaired) electrons. The van der Waals surface area contributed by atoms with Gasteiger partial charge in [-0.25, -0.2) is 0 Å². The Labute approximate surface area is 137 Å². The van der Waals surface area contributed by atoms with Crippen LogP contribution in [-0.2, 0) is 0 Å². The van der Waals surface area contributed by atoms with Crippen molar-refractivity contribution in [2.45, 2.75) is 0 Å². The fourth-order valence-corrected chi connectivity index (χ4v) is 2.29. The van der Waals surface area contributed by atoms with Gasteiger partial charge < -0.3 is 14.5 Å². The fraction of sp³-hybridized carbons (Fsp3) is 0.0588. The number of benzene rings is 2. The van der Waals surface area contributed by atoms with Gasteiger partial charge >= 0.3 is 0 Å². The highest BCUT2D eigenvalue weighted by Gasteiger charge is 2.13. The smallest absolute Gasteiger partial charge is 0.261 e. The van der Waals surface area contributed by atoms with Gasteiger partial charge in [0.05, 0.1) is 12.5 Å². The molecule has 0 saturated carbocycles. The number of anilines is 1. The van der Waals surface area contributed by atoms with Gasteiger partial charge in [-0.05, 0) is 42.5 Å². The van der Waals surface area contributed by atoms with Gasteiger partial charge in [0.1, 0.15) is 23.2 Å². The number of carbonyl (C=O) groups is 1. The standard InChI is InChI=1S/C17H13ClN2O3/c1-22-12-6-7-15-13(8-12)16(19)14(9-23-15)17(21)20-11-4-2-10(18)3-5-11/h2-9,19H,1H3,(H,20,21). The average molecular weight is 329 g/mol. The lowest BCUT2D eigenvalue weighted by Gasteiger charge is -2.07. The van der Waals surface area contributed by atoms with Crippen LogP contribution in [0.3, 0.4) is 0 Å². The highest BCUT2D eigenvalue weighted by atomic mass is 35.5. The van der Waals surface area contributed by atoms with Crippen LogP contribution in [0.15, 0.2) is 53.1 Å². The van der Waals surface area contributed by atoms with Gasteiger partial charge in [-0.2, -0.15) is 0 Å². The Kier molecular flexibility index (Phi) is 4.04. The summed E-state index contributed by atoms with van der Waals surface area (Å²) in [5, 5.41) is 12.1. The summed E-state index contributed by atoms with van der Waals surface area (Å²) in [5.41, 5.74) is 1.24. The Morgan fingerprint density at radius 2 is 1.96 bits per heavy atom. The van der Waals surface area contributed by atoms with Crippen LogP contribution in [0.4, 0.5) is 5.69 Å². The van der Waals surface area contributed by atoms with Gasteiger partial charge in [0.15, 0.2) is 0 Å². The summed E-state index contributed by atoms with van der Waals surface area (Å²) in [6, 6.07) is 11.8. The third-order valence-corrected chi connectivity index (χ3v) is 3.63. The summed E-state index contributed by atoms with van der Waals surface area (Å²) < 4.78 is 10.6. The lowest BCUT2D eigenvalue weighted by molar-refractivity contribution is 0.102. The lowest BCUT2D eigenvalue weighted by atomic mass is 10.1. The summed E-state index contributed by atoms with van der Waals surface area (Å²) in [6.07, 6.45) is 1.28. The topological polar surface area (TPSA) is 75.3 Å². The molecule has 2 N–H and O–H groups in total. The van der Waals surface area contributed by atoms with Gasteiger partial charge in [0.2, 0.25) is 0 Å². The molecule has 5 nitrogen and oxygen atoms in total. The first-order valence-corrected chi connectivity index (χ1v) is 7.17. The van der Waals surface area contributed by atoms with E-state index in [-0.39, 0.29) is 10.9 Å². The minimum atomic E-state index is -0.425. The Morgan fingerprint density at radius 3 is 2.65 bits per heavy atom. The Hall–Kier alpha value is -2.79. The van der Waals surface area contributed by atoms with Crippen molar-refractivity contribution in [2.75, 3.05) is 12.4 Å². The molecule has 0 atom stereocenters. The van der Waals surface area contributed by atoms with Crippen LogP contribution >= 0.6 is 11.6 Å². The second-order valence-corrected chi connectivity index (χ2v) is 5.28. The van der Waals surface area contributed by atoms with Crippen LogP contribution in [0.1, 0.15) is 10.4 Å². The van der Waals surface area contributed by atoms with Crippen LogP contribution < -0.4 is 15.4 Å². The molecule has 2 aromatic carbocycles. The van der Waals surface area contributed by atoms with E-state index in [0.29, 0.717) is 27.4 Å². The molecule has 3 rings (SSSR count). The van der Waals surface area contributed by atoms with E-state index in [4.69, 9.17) is 26.2 Å². The average Bonchev–Trinajstić information content (AvgIpc) is 2.57. The monoisotopic (exact) mass is 328 g/mol. The number of ether oxygens (including phenoxy) is 1. The molecule has 0 spiro atoms. The summed E-state index contributed by atoms with van der Waals surface area (Å²) in [7, 11) is 1.54. The van der Waals surface area contributed by atoms with E-state index in [1.54, 1.807) is 49.6 Å². The first kappa shape index (κ1) is 15.1. The summed E-state index contributed by atoms with van der Waals surface area (Å²) in [4.78, 5) is 12.4. The number of amides is 1. The van der Waals surface area contributed by atoms with Crippen LogP contribution in [0.5, 0.6) is 5.75 Å². The number of nitrogens with one attached hydrogen (secondary N) is 2. The highest BCUT2D eigenvalue weighted by Crippen LogP contribution is 2.19. The molecule has 23 heavy (non-hydrogen) atoms. The molecule has 6 heteroatoms. The summed E-state index contributed by atoms with van der Waals surface area (Å²) in [5.74, 6) is 0.169. The number of fused-ring (bicyclic) bond motifs is 1. The number of halogens is 1. The van der Waals surface area contributed by atoms with E-state index in [2.05, 4.69) is 5.32 Å². The molecule has 0 aliphatic heterocycles. The van der Waals surface area contributed by atoms with Gasteiger partial charge in [0, 0.05) is 16.1 Å². The van der Waals surface area contributed by atoms with E-state index >= 15 is 0 Å². The quantitative estimate of drug-likeness (QED) is 0.767. The Bertz CT molecular complexity index is 933. The predicted octanol–water partition coefficient (Wildman–Crippen LogP) is 3.83. The maximum atomic E-state index is 12.4. The molecule has 1 amide bonds. The van der Waals surface area contributed by atoms with Gasteiger partial charge in [0.25, 0.3) is 5.91 Å². The Morgan fingerprint density at radius 1 is 1.22 bits per heavy atom. The van der Waals surface area contributed by atoms with Crippen LogP contribution in [0.2, 0.25) is 5.02 Å². The van der Waals surface area contributed by atoms with Crippen molar-refractivity contribution in [3.8, 4) is 5.75 Å². The molecule has 0 bridgehead atoms. The maximum absolute atomic E-state index is 12.4. The minimum absolute atomic E-state index is 0.0802. The molecule has 0 aliphatic carbocycles. The molecule has 3 aromatic rings. The lowest BCUT2D eigenvalue weighted by Crippen LogP contribution is -2.21. The molecule has 0 saturated heterocycles. The SMILES string of the molecule is COc1ccc2occ(C(=O)Nc3ccc(Cl)cc3)c(=N)c2c1. The van der Waals surface area contributed by atoms with Crippen LogP contribution in [0.25, 0.3) is 11.0 Å². The van der Waals surface area contributed by atoms with Crippen molar-refractivity contribution < 1.29 is 13.9 Å². The molecule has 0 aliphatic rings. The van der Waals surface area contributed by atoms with Crippen molar-refractivity contribution in [2.24, 2.45) is 0 Å². The molecule has 0 unspecified atom stereocenters. The number of hydrogen-bond acceptors (Lipinski definition) is 4. The van der Waals surface area contributed by atoms with Gasteiger partial charge in [-0.15, -0.1) is 0 Å². The van der Waals surface area contributed by atoms with E-state index < -0.39 is 5.91 Å². The second-order valence-electron chi connectivity index (χ2n) is 4.85. The summed E-state index contributed by atoms with van der Waals surface area (Å²) in [6.45, 7) is 0. The molecule has 1 aromatic heterocycles. The van der Waals surface area contributed by atoms with E-state index in [9.17, 15) is 4.79 Å². The van der Waals surface area contributed by atoms with Crippen LogP contribution in [-0.4, -0.2) is 13.0 Å². The van der Waals surface area contributed by atoms with Crippen molar-refractivity contribution in [3.63, 3.8) is 0 Å². The van der Waals surface area contributed by atoms with Crippen molar-refractivity contribution in [1.29, 1.82) is 5.41 Å². The van der Waals surface area contributed by atoms with Crippen LogP contribution in [0, 0.1) is 5.41 Å². The molecular weight excluding hydrogens is 316 g/mol. The first-order chi connectivity index (χ1) is 11.1. The number of methoxy groups -OCH3 is 1. The highest BCUT2D eigenvalue weighted by molar-refractivity contribution is 6.30. The second kappa shape index (κ2) is 6.14. The third kappa shape index (κ3) is 3.05. The van der Waals surface area contributed by atoms with Crippen molar-refractivity contribution in [1.82, 2.24) is 0 Å². The van der Waals surface area contributed by atoms with E-state index in [0.717, 1.165) is 0 Å². The minimum Gasteiger partial charge on any atom is -0.497 e. The zero-order valence-electron chi connectivity index (χ0n) is 12.2. The van der Waals surface area contributed by atoms with E-state index in [1.165, 1.54) is 6.26 Å². The number of hydrogen-bond donors (Lipinski definition) is 2. The van der Waals surface area contributed by atoms with Crippen molar-refractivity contribution in [3.05, 3.63) is 64.7 Å². The Balaban J connectivity index is 1.98. The van der Waals surface area contributed by atoms with Crippen molar-refractivity contribution >= 4 is 34.2 Å². The van der Waals surface area contributed by atoms with Gasteiger partial charge in [-0.3, -0.25) is 10.2 Å². The number of rotatable bonds is 3. The molecular formula is C17H13ClN2O3. The predicted molar refractivity (Wildman–Crippen MR) is 88.0 cm³/mol. The normalized spacial score (nSPS) is 10.5. The largest absolute Gasteiger partial charge is 0.497 e. The summed E-state index contributed by atoms with van der Waals surface area (Å²) >= 11 is 5.81.